The Morgan fingerprint density at radius 1 is 1.57 bits per heavy atom. The zero-order chi connectivity index (χ0) is 10.4. The van der Waals surface area contributed by atoms with Gasteiger partial charge in [0, 0.05) is 6.54 Å². The molecule has 0 aliphatic rings. The quantitative estimate of drug-likeness (QED) is 0.748. The van der Waals surface area contributed by atoms with Crippen LogP contribution in [-0.2, 0) is 0 Å². The van der Waals surface area contributed by atoms with E-state index in [-0.39, 0.29) is 12.6 Å². The minimum atomic E-state index is -0.331. The lowest BCUT2D eigenvalue weighted by Gasteiger charge is -2.10. The third-order valence-corrected chi connectivity index (χ3v) is 1.96. The highest BCUT2D eigenvalue weighted by Gasteiger charge is 2.08. The van der Waals surface area contributed by atoms with Gasteiger partial charge < -0.3 is 5.11 Å². The van der Waals surface area contributed by atoms with Crippen molar-refractivity contribution in [1.29, 1.82) is 5.26 Å². The lowest BCUT2D eigenvalue weighted by atomic mass is 10.1. The first-order chi connectivity index (χ1) is 6.77. The molecule has 1 aromatic carbocycles. The number of hydrogen-bond donors (Lipinski definition) is 2. The van der Waals surface area contributed by atoms with Crippen LogP contribution in [0.4, 0.5) is 0 Å². The molecule has 14 heavy (non-hydrogen) atoms. The van der Waals surface area contributed by atoms with Gasteiger partial charge in [0.2, 0.25) is 0 Å². The van der Waals surface area contributed by atoms with Gasteiger partial charge in [0.15, 0.2) is 0 Å². The number of benzene rings is 1. The Morgan fingerprint density at radius 2 is 2.36 bits per heavy atom. The third-order valence-electron chi connectivity index (χ3n) is 1.96. The summed E-state index contributed by atoms with van der Waals surface area (Å²) in [5, 5.41) is 20.5. The highest BCUT2D eigenvalue weighted by atomic mass is 16.3. The molecule has 0 radical (unpaired) electrons. The van der Waals surface area contributed by atoms with Gasteiger partial charge in [-0.3, -0.25) is 5.32 Å². The normalized spacial score (nSPS) is 12.1. The van der Waals surface area contributed by atoms with Crippen molar-refractivity contribution >= 4 is 0 Å². The number of nitrogens with one attached hydrogen (secondary N) is 1. The van der Waals surface area contributed by atoms with E-state index in [9.17, 15) is 0 Å². The Morgan fingerprint density at radius 3 is 2.93 bits per heavy atom. The molecule has 1 unspecified atom stereocenters. The summed E-state index contributed by atoms with van der Waals surface area (Å²) in [6.07, 6.45) is 0. The molecule has 0 aromatic heterocycles. The van der Waals surface area contributed by atoms with Crippen LogP contribution in [0.15, 0.2) is 24.3 Å². The van der Waals surface area contributed by atoms with Crippen molar-refractivity contribution in [3.05, 3.63) is 35.4 Å². The molecular formula is C11H14N2O. The van der Waals surface area contributed by atoms with E-state index in [1.807, 2.05) is 31.2 Å². The standard InChI is InChI=1S/C11H14N2O/c1-9-3-2-4-10(7-9)11(8-12)13-5-6-14/h2-4,7,11,13-14H,5-6H2,1H3. The van der Waals surface area contributed by atoms with Crippen molar-refractivity contribution in [3.8, 4) is 6.07 Å². The van der Waals surface area contributed by atoms with Crippen molar-refractivity contribution in [2.24, 2.45) is 0 Å². The summed E-state index contributed by atoms with van der Waals surface area (Å²) in [7, 11) is 0. The van der Waals surface area contributed by atoms with Gasteiger partial charge in [0.1, 0.15) is 6.04 Å². The molecule has 0 spiro atoms. The van der Waals surface area contributed by atoms with Crippen LogP contribution in [0.2, 0.25) is 0 Å². The van der Waals surface area contributed by atoms with Crippen molar-refractivity contribution < 1.29 is 5.11 Å². The zero-order valence-electron chi connectivity index (χ0n) is 8.20. The van der Waals surface area contributed by atoms with E-state index < -0.39 is 0 Å². The van der Waals surface area contributed by atoms with E-state index in [1.54, 1.807) is 0 Å². The van der Waals surface area contributed by atoms with Gasteiger partial charge in [-0.05, 0) is 12.5 Å². The molecule has 0 heterocycles. The van der Waals surface area contributed by atoms with E-state index in [2.05, 4.69) is 11.4 Å². The lowest BCUT2D eigenvalue weighted by molar-refractivity contribution is 0.289. The molecule has 0 fully saturated rings. The van der Waals surface area contributed by atoms with E-state index >= 15 is 0 Å². The van der Waals surface area contributed by atoms with Crippen molar-refractivity contribution in [3.63, 3.8) is 0 Å². The van der Waals surface area contributed by atoms with Crippen LogP contribution in [0.5, 0.6) is 0 Å². The van der Waals surface area contributed by atoms with E-state index in [4.69, 9.17) is 10.4 Å². The second kappa shape index (κ2) is 5.38. The smallest absolute Gasteiger partial charge is 0.121 e. The van der Waals surface area contributed by atoms with E-state index in [0.29, 0.717) is 6.54 Å². The third kappa shape index (κ3) is 2.84. The highest BCUT2D eigenvalue weighted by molar-refractivity contribution is 5.28. The molecule has 1 atom stereocenters. The Kier molecular flexibility index (Phi) is 4.11. The fraction of sp³-hybridized carbons (Fsp3) is 0.364. The SMILES string of the molecule is Cc1cccc(C(C#N)NCCO)c1. The van der Waals surface area contributed by atoms with Crippen molar-refractivity contribution in [2.75, 3.05) is 13.2 Å². The van der Waals surface area contributed by atoms with Crippen LogP contribution in [-0.4, -0.2) is 18.3 Å². The topological polar surface area (TPSA) is 56.0 Å². The fourth-order valence-electron chi connectivity index (χ4n) is 1.30. The second-order valence-corrected chi connectivity index (χ2v) is 3.15. The molecule has 0 amide bonds. The number of rotatable bonds is 4. The van der Waals surface area contributed by atoms with Crippen LogP contribution in [0.1, 0.15) is 17.2 Å². The fourth-order valence-corrected chi connectivity index (χ4v) is 1.30. The van der Waals surface area contributed by atoms with Crippen molar-refractivity contribution in [1.82, 2.24) is 5.32 Å². The summed E-state index contributed by atoms with van der Waals surface area (Å²) in [5.74, 6) is 0. The van der Waals surface area contributed by atoms with Crippen molar-refractivity contribution in [2.45, 2.75) is 13.0 Å². The van der Waals surface area contributed by atoms with Gasteiger partial charge in [-0.1, -0.05) is 29.8 Å². The molecule has 1 aromatic rings. The first-order valence-corrected chi connectivity index (χ1v) is 4.58. The predicted molar refractivity (Wildman–Crippen MR) is 54.6 cm³/mol. The molecule has 1 rings (SSSR count). The number of hydrogen-bond acceptors (Lipinski definition) is 3. The summed E-state index contributed by atoms with van der Waals surface area (Å²) in [6.45, 7) is 2.47. The molecule has 0 aliphatic heterocycles. The molecule has 0 bridgehead atoms. The first-order valence-electron chi connectivity index (χ1n) is 4.58. The number of nitriles is 1. The van der Waals surface area contributed by atoms with Gasteiger partial charge >= 0.3 is 0 Å². The van der Waals surface area contributed by atoms with Gasteiger partial charge in [-0.2, -0.15) is 5.26 Å². The first kappa shape index (κ1) is 10.7. The number of aliphatic hydroxyl groups is 1. The highest BCUT2D eigenvalue weighted by Crippen LogP contribution is 2.13. The minimum Gasteiger partial charge on any atom is -0.395 e. The maximum Gasteiger partial charge on any atom is 0.121 e. The predicted octanol–water partition coefficient (Wildman–Crippen LogP) is 1.14. The van der Waals surface area contributed by atoms with Crippen LogP contribution in [0.25, 0.3) is 0 Å². The average Bonchev–Trinajstić information content (AvgIpc) is 2.19. The van der Waals surface area contributed by atoms with Crippen LogP contribution >= 0.6 is 0 Å². The van der Waals surface area contributed by atoms with E-state index in [1.165, 1.54) is 0 Å². The lowest BCUT2D eigenvalue weighted by Crippen LogP contribution is -2.23. The number of aliphatic hydroxyl groups excluding tert-OH is 1. The molecule has 3 heteroatoms. The minimum absolute atomic E-state index is 0.0456. The molecule has 3 nitrogen and oxygen atoms in total. The molecule has 0 saturated heterocycles. The molecule has 74 valence electrons. The molecule has 0 saturated carbocycles. The summed E-state index contributed by atoms with van der Waals surface area (Å²) < 4.78 is 0. The monoisotopic (exact) mass is 190 g/mol. The second-order valence-electron chi connectivity index (χ2n) is 3.15. The Labute approximate surface area is 84.0 Å². The Bertz CT molecular complexity index is 330. The summed E-state index contributed by atoms with van der Waals surface area (Å²) >= 11 is 0. The summed E-state index contributed by atoms with van der Waals surface area (Å²) in [5.41, 5.74) is 2.08. The maximum absolute atomic E-state index is 8.90. The van der Waals surface area contributed by atoms with Gasteiger partial charge in [-0.15, -0.1) is 0 Å². The van der Waals surface area contributed by atoms with E-state index in [0.717, 1.165) is 11.1 Å². The maximum atomic E-state index is 8.90. The summed E-state index contributed by atoms with van der Waals surface area (Å²) in [6, 6.07) is 9.62. The van der Waals surface area contributed by atoms with Crippen LogP contribution in [0, 0.1) is 18.3 Å². The number of aryl methyl sites for hydroxylation is 1. The average molecular weight is 190 g/mol. The molecular weight excluding hydrogens is 176 g/mol. The summed E-state index contributed by atoms with van der Waals surface area (Å²) in [4.78, 5) is 0. The van der Waals surface area contributed by atoms with Crippen LogP contribution < -0.4 is 5.32 Å². The van der Waals surface area contributed by atoms with Gasteiger partial charge in [-0.25, -0.2) is 0 Å². The van der Waals surface area contributed by atoms with Crippen LogP contribution in [0.3, 0.4) is 0 Å². The van der Waals surface area contributed by atoms with Gasteiger partial charge in [0.25, 0.3) is 0 Å². The number of nitrogens with zero attached hydrogens (tertiary/aromatic N) is 1. The Balaban J connectivity index is 2.75. The Hall–Kier alpha value is -1.37. The zero-order valence-corrected chi connectivity index (χ0v) is 8.20. The largest absolute Gasteiger partial charge is 0.395 e. The molecule has 2 N–H and O–H groups in total. The van der Waals surface area contributed by atoms with Gasteiger partial charge in [0.05, 0.1) is 12.7 Å². The molecule has 0 aliphatic carbocycles.